The summed E-state index contributed by atoms with van der Waals surface area (Å²) in [6, 6.07) is 5.81. The average molecular weight is 324 g/mol. The van der Waals surface area contributed by atoms with Crippen molar-refractivity contribution in [2.45, 2.75) is 19.8 Å². The van der Waals surface area contributed by atoms with Gasteiger partial charge in [-0.25, -0.2) is 4.98 Å². The predicted molar refractivity (Wildman–Crippen MR) is 81.4 cm³/mol. The summed E-state index contributed by atoms with van der Waals surface area (Å²) in [5.74, 6) is 2.71. The van der Waals surface area contributed by atoms with E-state index in [4.69, 9.17) is 10.5 Å². The third kappa shape index (κ3) is 2.47. The monoisotopic (exact) mass is 323 g/mol. The van der Waals surface area contributed by atoms with Crippen LogP contribution < -0.4 is 10.5 Å². The summed E-state index contributed by atoms with van der Waals surface area (Å²) in [4.78, 5) is 4.67. The molecule has 0 amide bonds. The number of anilines is 1. The van der Waals surface area contributed by atoms with Crippen LogP contribution >= 0.6 is 15.9 Å². The first kappa shape index (κ1) is 13.9. The highest BCUT2D eigenvalue weighted by atomic mass is 79.9. The minimum Gasteiger partial charge on any atom is -0.496 e. The van der Waals surface area contributed by atoms with E-state index < -0.39 is 0 Å². The number of aromatic nitrogens is 2. The zero-order valence-corrected chi connectivity index (χ0v) is 13.2. The molecule has 0 aliphatic rings. The number of methoxy groups -OCH3 is 1. The molecular formula is C14H18BrN3O. The fourth-order valence-corrected chi connectivity index (χ4v) is 2.47. The third-order valence-electron chi connectivity index (χ3n) is 3.11. The van der Waals surface area contributed by atoms with E-state index in [1.54, 1.807) is 7.11 Å². The molecule has 1 aromatic heterocycles. The highest BCUT2D eigenvalue weighted by molar-refractivity contribution is 9.10. The lowest BCUT2D eigenvalue weighted by Gasteiger charge is -2.07. The van der Waals surface area contributed by atoms with Gasteiger partial charge >= 0.3 is 0 Å². The van der Waals surface area contributed by atoms with E-state index in [2.05, 4.69) is 34.8 Å². The molecule has 2 aromatic rings. The van der Waals surface area contributed by atoms with Gasteiger partial charge in [0.25, 0.3) is 0 Å². The van der Waals surface area contributed by atoms with E-state index >= 15 is 0 Å². The Morgan fingerprint density at radius 1 is 1.37 bits per heavy atom. The van der Waals surface area contributed by atoms with E-state index in [9.17, 15) is 0 Å². The number of hydrogen-bond donors (Lipinski definition) is 1. The van der Waals surface area contributed by atoms with E-state index in [0.717, 1.165) is 27.3 Å². The van der Waals surface area contributed by atoms with Crippen molar-refractivity contribution < 1.29 is 4.74 Å². The van der Waals surface area contributed by atoms with Crippen molar-refractivity contribution in [3.63, 3.8) is 0 Å². The standard InChI is InChI=1S/C14H18BrN3O/c1-8(2)14-17-12(13(16)18(14)3)10-7-9(15)5-6-11(10)19-4/h5-8H,16H2,1-4H3. The minimum atomic E-state index is 0.319. The molecule has 0 radical (unpaired) electrons. The summed E-state index contributed by atoms with van der Waals surface area (Å²) in [7, 11) is 3.58. The first-order valence-corrected chi connectivity index (χ1v) is 6.91. The molecule has 5 heteroatoms. The second kappa shape index (κ2) is 5.25. The fourth-order valence-electron chi connectivity index (χ4n) is 2.11. The van der Waals surface area contributed by atoms with Gasteiger partial charge in [-0.05, 0) is 18.2 Å². The Hall–Kier alpha value is -1.49. The van der Waals surface area contributed by atoms with E-state index in [1.807, 2.05) is 29.8 Å². The number of halogens is 1. The Labute approximate surface area is 121 Å². The van der Waals surface area contributed by atoms with Crippen LogP contribution in [0.3, 0.4) is 0 Å². The van der Waals surface area contributed by atoms with Gasteiger partial charge in [0, 0.05) is 23.0 Å². The SMILES string of the molecule is COc1ccc(Br)cc1-c1nc(C(C)C)n(C)c1N. The second-order valence-electron chi connectivity index (χ2n) is 4.76. The summed E-state index contributed by atoms with van der Waals surface area (Å²) in [6.45, 7) is 4.20. The fraction of sp³-hybridized carbons (Fsp3) is 0.357. The smallest absolute Gasteiger partial charge is 0.131 e. The van der Waals surface area contributed by atoms with Gasteiger partial charge in [-0.1, -0.05) is 29.8 Å². The molecule has 19 heavy (non-hydrogen) atoms. The highest BCUT2D eigenvalue weighted by Gasteiger charge is 2.18. The molecule has 1 aromatic carbocycles. The molecule has 0 spiro atoms. The average Bonchev–Trinajstić information content (AvgIpc) is 2.66. The molecule has 0 fully saturated rings. The Kier molecular flexibility index (Phi) is 3.85. The van der Waals surface area contributed by atoms with Crippen LogP contribution in [-0.4, -0.2) is 16.7 Å². The van der Waals surface area contributed by atoms with Gasteiger partial charge < -0.3 is 15.0 Å². The third-order valence-corrected chi connectivity index (χ3v) is 3.60. The van der Waals surface area contributed by atoms with Crippen molar-refractivity contribution in [1.29, 1.82) is 0 Å². The molecule has 1 heterocycles. The van der Waals surface area contributed by atoms with Gasteiger partial charge in [0.2, 0.25) is 0 Å². The summed E-state index contributed by atoms with van der Waals surface area (Å²) in [5, 5.41) is 0. The zero-order valence-electron chi connectivity index (χ0n) is 11.6. The lowest BCUT2D eigenvalue weighted by atomic mass is 10.1. The van der Waals surface area contributed by atoms with Gasteiger partial charge in [-0.2, -0.15) is 0 Å². The van der Waals surface area contributed by atoms with Crippen molar-refractivity contribution in [3.8, 4) is 17.0 Å². The Balaban J connectivity index is 2.65. The molecule has 0 aliphatic carbocycles. The van der Waals surface area contributed by atoms with Crippen LogP contribution in [0.15, 0.2) is 22.7 Å². The lowest BCUT2D eigenvalue weighted by Crippen LogP contribution is -2.03. The van der Waals surface area contributed by atoms with Crippen molar-refractivity contribution in [2.24, 2.45) is 7.05 Å². The summed E-state index contributed by atoms with van der Waals surface area (Å²) < 4.78 is 8.30. The first-order chi connectivity index (χ1) is 8.95. The summed E-state index contributed by atoms with van der Waals surface area (Å²) in [5.41, 5.74) is 7.84. The maximum Gasteiger partial charge on any atom is 0.131 e. The first-order valence-electron chi connectivity index (χ1n) is 6.11. The number of ether oxygens (including phenoxy) is 1. The second-order valence-corrected chi connectivity index (χ2v) is 5.68. The Morgan fingerprint density at radius 2 is 2.05 bits per heavy atom. The number of hydrogen-bond acceptors (Lipinski definition) is 3. The zero-order chi connectivity index (χ0) is 14.2. The molecule has 4 nitrogen and oxygen atoms in total. The number of rotatable bonds is 3. The van der Waals surface area contributed by atoms with Crippen molar-refractivity contribution in [1.82, 2.24) is 9.55 Å². The number of nitrogens with two attached hydrogens (primary N) is 1. The van der Waals surface area contributed by atoms with Crippen LogP contribution in [0.1, 0.15) is 25.6 Å². The largest absolute Gasteiger partial charge is 0.496 e. The maximum atomic E-state index is 6.18. The topological polar surface area (TPSA) is 53.1 Å². The quantitative estimate of drug-likeness (QED) is 0.939. The number of nitrogen functional groups attached to an aromatic ring is 1. The lowest BCUT2D eigenvalue weighted by molar-refractivity contribution is 0.416. The number of benzene rings is 1. The van der Waals surface area contributed by atoms with E-state index in [0.29, 0.717) is 11.7 Å². The molecule has 0 saturated heterocycles. The van der Waals surface area contributed by atoms with Crippen molar-refractivity contribution in [3.05, 3.63) is 28.5 Å². The number of nitrogens with zero attached hydrogens (tertiary/aromatic N) is 2. The summed E-state index contributed by atoms with van der Waals surface area (Å²) in [6.07, 6.45) is 0. The van der Waals surface area contributed by atoms with Crippen LogP contribution in [-0.2, 0) is 7.05 Å². The maximum absolute atomic E-state index is 6.18. The van der Waals surface area contributed by atoms with Crippen LogP contribution in [0.4, 0.5) is 5.82 Å². The van der Waals surface area contributed by atoms with Crippen LogP contribution in [0, 0.1) is 0 Å². The summed E-state index contributed by atoms with van der Waals surface area (Å²) >= 11 is 3.47. The normalized spacial score (nSPS) is 11.1. The van der Waals surface area contributed by atoms with Crippen molar-refractivity contribution in [2.75, 3.05) is 12.8 Å². The predicted octanol–water partition coefficient (Wildman–Crippen LogP) is 3.56. The minimum absolute atomic E-state index is 0.319. The van der Waals surface area contributed by atoms with Crippen LogP contribution in [0.5, 0.6) is 5.75 Å². The molecule has 0 bridgehead atoms. The van der Waals surface area contributed by atoms with Crippen molar-refractivity contribution >= 4 is 21.7 Å². The Bertz CT molecular complexity index is 605. The molecule has 0 saturated carbocycles. The van der Waals surface area contributed by atoms with Gasteiger partial charge in [-0.15, -0.1) is 0 Å². The molecule has 102 valence electrons. The van der Waals surface area contributed by atoms with Crippen LogP contribution in [0.2, 0.25) is 0 Å². The molecular weight excluding hydrogens is 306 g/mol. The van der Waals surface area contributed by atoms with E-state index in [-0.39, 0.29) is 0 Å². The number of imidazole rings is 1. The van der Waals surface area contributed by atoms with Gasteiger partial charge in [0.1, 0.15) is 23.1 Å². The molecule has 0 atom stereocenters. The Morgan fingerprint density at radius 3 is 2.58 bits per heavy atom. The van der Waals surface area contributed by atoms with E-state index in [1.165, 1.54) is 0 Å². The molecule has 0 aliphatic heterocycles. The van der Waals surface area contributed by atoms with Gasteiger partial charge in [0.15, 0.2) is 0 Å². The molecule has 2 rings (SSSR count). The van der Waals surface area contributed by atoms with Gasteiger partial charge in [0.05, 0.1) is 7.11 Å². The molecule has 0 unspecified atom stereocenters. The highest BCUT2D eigenvalue weighted by Crippen LogP contribution is 2.36. The van der Waals surface area contributed by atoms with Crippen LogP contribution in [0.25, 0.3) is 11.3 Å². The molecule has 2 N–H and O–H groups in total. The van der Waals surface area contributed by atoms with Gasteiger partial charge in [-0.3, -0.25) is 0 Å².